The van der Waals surface area contributed by atoms with E-state index in [0.717, 1.165) is 24.8 Å². The molecule has 1 heteroatoms. The van der Waals surface area contributed by atoms with Crippen LogP contribution in [0, 0.1) is 0 Å². The molecular weight excluding hydrogens is 194 g/mol. The van der Waals surface area contributed by atoms with Crippen molar-refractivity contribution in [2.24, 2.45) is 5.73 Å². The summed E-state index contributed by atoms with van der Waals surface area (Å²) in [6, 6.07) is 0.324. The summed E-state index contributed by atoms with van der Waals surface area (Å²) in [5.41, 5.74) is 7.02. The van der Waals surface area contributed by atoms with E-state index >= 15 is 0 Å². The van der Waals surface area contributed by atoms with Crippen LogP contribution < -0.4 is 5.73 Å². The van der Waals surface area contributed by atoms with Gasteiger partial charge in [0.05, 0.1) is 0 Å². The van der Waals surface area contributed by atoms with Gasteiger partial charge in [0, 0.05) is 7.47 Å². The molecule has 0 fully saturated rings. The average Bonchev–Trinajstić information content (AvgIpc) is 2.28. The quantitative estimate of drug-likeness (QED) is 0.374. The Morgan fingerprint density at radius 3 is 2.50 bits per heavy atom. The second-order valence-electron chi connectivity index (χ2n) is 3.74. The highest BCUT2D eigenvalue weighted by molar-refractivity contribution is 5.10. The molecule has 0 bridgehead atoms. The third-order valence-corrected chi connectivity index (χ3v) is 2.02. The zero-order chi connectivity index (χ0) is 12.8. The fourth-order valence-electron chi connectivity index (χ4n) is 1.21. The molecule has 0 amide bonds. The maximum atomic E-state index is 5.91. The summed E-state index contributed by atoms with van der Waals surface area (Å²) in [6.07, 6.45) is 12.8. The molecule has 1 nitrogen and oxygen atoms in total. The van der Waals surface area contributed by atoms with Gasteiger partial charge in [-0.25, -0.2) is 0 Å². The summed E-state index contributed by atoms with van der Waals surface area (Å²) in [6.45, 7) is 11.8. The fourth-order valence-corrected chi connectivity index (χ4v) is 1.21. The first-order valence-corrected chi connectivity index (χ1v) is 6.35. The molecule has 0 heterocycles. The normalized spacial score (nSPS) is 12.6. The smallest absolute Gasteiger partial charge is 0.00735 e. The van der Waals surface area contributed by atoms with Crippen molar-refractivity contribution in [1.29, 1.82) is 0 Å². The van der Waals surface area contributed by atoms with Crippen LogP contribution in [-0.4, -0.2) is 6.04 Å². The van der Waals surface area contributed by atoms with Gasteiger partial charge in [0.15, 0.2) is 0 Å². The Hall–Kier alpha value is -0.820. The van der Waals surface area contributed by atoms with E-state index < -0.39 is 0 Å². The van der Waals surface area contributed by atoms with Crippen LogP contribution in [0.25, 0.3) is 0 Å². The lowest BCUT2D eigenvalue weighted by Gasteiger charge is -2.06. The van der Waals surface area contributed by atoms with Crippen LogP contribution in [0.4, 0.5) is 0 Å². The van der Waals surface area contributed by atoms with Gasteiger partial charge >= 0.3 is 0 Å². The van der Waals surface area contributed by atoms with E-state index in [1.165, 1.54) is 6.42 Å². The Labute approximate surface area is 104 Å². The third-order valence-electron chi connectivity index (χ3n) is 2.02. The maximum Gasteiger partial charge on any atom is 0.00735 e. The van der Waals surface area contributed by atoms with Gasteiger partial charge in [0.2, 0.25) is 0 Å². The van der Waals surface area contributed by atoms with Gasteiger partial charge in [-0.2, -0.15) is 0 Å². The van der Waals surface area contributed by atoms with Crippen molar-refractivity contribution < 1.29 is 1.43 Å². The zero-order valence-corrected chi connectivity index (χ0v) is 11.5. The van der Waals surface area contributed by atoms with Crippen LogP contribution in [0.1, 0.15) is 54.8 Å². The molecule has 0 saturated heterocycles. The van der Waals surface area contributed by atoms with Gasteiger partial charge in [-0.05, 0) is 39.5 Å². The molecule has 2 N–H and O–H groups in total. The highest BCUT2D eigenvalue weighted by Crippen LogP contribution is 2.04. The molecule has 0 aliphatic heterocycles. The summed E-state index contributed by atoms with van der Waals surface area (Å²) in [4.78, 5) is 0. The van der Waals surface area contributed by atoms with E-state index in [1.54, 1.807) is 0 Å². The molecule has 96 valence electrons. The Morgan fingerprint density at radius 2 is 2.00 bits per heavy atom. The van der Waals surface area contributed by atoms with Crippen LogP contribution in [0.2, 0.25) is 0 Å². The van der Waals surface area contributed by atoms with Crippen LogP contribution in [-0.2, 0) is 0 Å². The Balaban J connectivity index is -0.000000616. The van der Waals surface area contributed by atoms with E-state index in [4.69, 9.17) is 5.73 Å². The standard InChI is InChI=1S/C13H23N.C2H6.H2/c1-4-5-10-13(14)11-8-6-7-9-12(2)3;1-2;/h4-5,7,9,13H,2,6,8,10-11,14H2,1,3H3;1-2H3;1H/b5-4-,9-7+;;/t13-;;/m1../s1. The molecule has 1 atom stereocenters. The molecule has 0 aromatic carbocycles. The predicted molar refractivity (Wildman–Crippen MR) is 78.7 cm³/mol. The Bertz CT molecular complexity index is 207. The Morgan fingerprint density at radius 1 is 1.38 bits per heavy atom. The van der Waals surface area contributed by atoms with E-state index in [9.17, 15) is 0 Å². The fraction of sp³-hybridized carbons (Fsp3) is 0.600. The van der Waals surface area contributed by atoms with Gasteiger partial charge in [-0.1, -0.05) is 50.3 Å². The molecule has 0 aromatic rings. The minimum absolute atomic E-state index is 0. The molecule has 0 spiro atoms. The van der Waals surface area contributed by atoms with Crippen molar-refractivity contribution in [2.45, 2.75) is 59.4 Å². The summed E-state index contributed by atoms with van der Waals surface area (Å²) in [7, 11) is 0. The molecule has 0 aromatic heterocycles. The van der Waals surface area contributed by atoms with Gasteiger partial charge in [-0.3, -0.25) is 0 Å². The number of unbranched alkanes of at least 4 members (excludes halogenated alkanes) is 1. The van der Waals surface area contributed by atoms with Gasteiger partial charge in [-0.15, -0.1) is 0 Å². The number of hydrogen-bond donors (Lipinski definition) is 1. The molecule has 0 saturated carbocycles. The minimum Gasteiger partial charge on any atom is -0.327 e. The zero-order valence-electron chi connectivity index (χ0n) is 11.5. The molecule has 0 aliphatic carbocycles. The number of allylic oxidation sites excluding steroid dienone is 4. The molecule has 0 radical (unpaired) electrons. The summed E-state index contributed by atoms with van der Waals surface area (Å²) >= 11 is 0. The molecule has 0 unspecified atom stereocenters. The van der Waals surface area contributed by atoms with Crippen LogP contribution in [0.3, 0.4) is 0 Å². The highest BCUT2D eigenvalue weighted by Gasteiger charge is 1.97. The third kappa shape index (κ3) is 15.6. The first-order chi connectivity index (χ1) is 7.66. The monoisotopic (exact) mass is 225 g/mol. The lowest BCUT2D eigenvalue weighted by atomic mass is 10.1. The van der Waals surface area contributed by atoms with Crippen molar-refractivity contribution in [3.05, 3.63) is 36.5 Å². The van der Waals surface area contributed by atoms with Crippen LogP contribution >= 0.6 is 0 Å². The van der Waals surface area contributed by atoms with E-state index in [1.807, 2.05) is 27.7 Å². The van der Waals surface area contributed by atoms with Crippen LogP contribution in [0.5, 0.6) is 0 Å². The van der Waals surface area contributed by atoms with Gasteiger partial charge in [0.1, 0.15) is 0 Å². The molecule has 0 aliphatic rings. The maximum absolute atomic E-state index is 5.91. The minimum atomic E-state index is 0. The first-order valence-electron chi connectivity index (χ1n) is 6.35. The van der Waals surface area contributed by atoms with E-state index in [-0.39, 0.29) is 1.43 Å². The lowest BCUT2D eigenvalue weighted by Crippen LogP contribution is -2.18. The first kappa shape index (κ1) is 17.6. The van der Waals surface area contributed by atoms with Crippen molar-refractivity contribution in [1.82, 2.24) is 0 Å². The number of rotatable bonds is 7. The van der Waals surface area contributed by atoms with Gasteiger partial charge < -0.3 is 5.73 Å². The summed E-state index contributed by atoms with van der Waals surface area (Å²) in [5, 5.41) is 0. The number of nitrogens with two attached hydrogens (primary N) is 1. The second-order valence-corrected chi connectivity index (χ2v) is 3.74. The largest absolute Gasteiger partial charge is 0.327 e. The number of hydrogen-bond acceptors (Lipinski definition) is 1. The Kier molecular flexibility index (Phi) is 15.6. The van der Waals surface area contributed by atoms with Crippen molar-refractivity contribution in [3.63, 3.8) is 0 Å². The molecule has 16 heavy (non-hydrogen) atoms. The van der Waals surface area contributed by atoms with Gasteiger partial charge in [0.25, 0.3) is 0 Å². The lowest BCUT2D eigenvalue weighted by molar-refractivity contribution is 0.593. The van der Waals surface area contributed by atoms with Crippen molar-refractivity contribution in [2.75, 3.05) is 0 Å². The van der Waals surface area contributed by atoms with Crippen molar-refractivity contribution in [3.8, 4) is 0 Å². The van der Waals surface area contributed by atoms with E-state index in [2.05, 4.69) is 30.9 Å². The summed E-state index contributed by atoms with van der Waals surface area (Å²) in [5.74, 6) is 0. The average molecular weight is 225 g/mol. The predicted octanol–water partition coefficient (Wildman–Crippen LogP) is 4.85. The van der Waals surface area contributed by atoms with Crippen LogP contribution in [0.15, 0.2) is 36.5 Å². The SMILES string of the molecule is C=C(C)/C=C/CCC[C@H](N)C/C=C\C.CC.[HH]. The molecule has 0 rings (SSSR count). The van der Waals surface area contributed by atoms with E-state index in [0.29, 0.717) is 6.04 Å². The molecular formula is C15H31N. The highest BCUT2D eigenvalue weighted by atomic mass is 14.6. The summed E-state index contributed by atoms with van der Waals surface area (Å²) < 4.78 is 0. The topological polar surface area (TPSA) is 26.0 Å². The second kappa shape index (κ2) is 14.2. The van der Waals surface area contributed by atoms with Crippen molar-refractivity contribution >= 4 is 0 Å².